The van der Waals surface area contributed by atoms with Crippen molar-refractivity contribution in [3.8, 4) is 5.75 Å². The number of benzene rings is 2. The zero-order valence-corrected chi connectivity index (χ0v) is 11.8. The maximum Gasteiger partial charge on any atom is 0.168 e. The Balaban J connectivity index is 1.93. The fourth-order valence-corrected chi connectivity index (χ4v) is 2.88. The summed E-state index contributed by atoms with van der Waals surface area (Å²) in [4.78, 5) is 0. The van der Waals surface area contributed by atoms with Crippen LogP contribution in [0.4, 0.5) is 8.78 Å². The molecule has 1 saturated heterocycles. The van der Waals surface area contributed by atoms with E-state index in [9.17, 15) is 8.78 Å². The van der Waals surface area contributed by atoms with Crippen molar-refractivity contribution in [2.45, 2.75) is 11.8 Å². The summed E-state index contributed by atoms with van der Waals surface area (Å²) in [6, 6.07) is 11.7. The van der Waals surface area contributed by atoms with Crippen LogP contribution in [0, 0.1) is 11.6 Å². The van der Waals surface area contributed by atoms with Crippen LogP contribution in [-0.2, 0) is 11.8 Å². The molecule has 0 spiro atoms. The van der Waals surface area contributed by atoms with Crippen molar-refractivity contribution >= 4 is 0 Å². The Morgan fingerprint density at radius 2 is 1.81 bits per heavy atom. The number of halogens is 2. The van der Waals surface area contributed by atoms with Gasteiger partial charge in [0.15, 0.2) is 11.6 Å². The first kappa shape index (κ1) is 14.0. The lowest BCUT2D eigenvalue weighted by Gasteiger charge is -2.43. The normalized spacial score (nSPS) is 16.3. The lowest BCUT2D eigenvalue weighted by atomic mass is 9.71. The molecular weight excluding hydrogens is 272 g/mol. The summed E-state index contributed by atoms with van der Waals surface area (Å²) in [7, 11) is 1.46. The maximum absolute atomic E-state index is 14.3. The summed E-state index contributed by atoms with van der Waals surface area (Å²) in [6.07, 6.45) is 0.564. The number of methoxy groups -OCH3 is 1. The highest BCUT2D eigenvalue weighted by Crippen LogP contribution is 2.34. The molecule has 0 aromatic heterocycles. The molecule has 1 aliphatic rings. The van der Waals surface area contributed by atoms with Gasteiger partial charge in [-0.05, 0) is 35.7 Å². The van der Waals surface area contributed by atoms with Crippen molar-refractivity contribution in [2.24, 2.45) is 0 Å². The molecule has 0 unspecified atom stereocenters. The molecule has 0 amide bonds. The first-order valence-corrected chi connectivity index (χ1v) is 6.93. The Labute approximate surface area is 122 Å². The van der Waals surface area contributed by atoms with Crippen LogP contribution in [0.25, 0.3) is 0 Å². The van der Waals surface area contributed by atoms with E-state index in [1.165, 1.54) is 19.2 Å². The number of nitrogens with one attached hydrogen (secondary N) is 1. The van der Waals surface area contributed by atoms with Crippen molar-refractivity contribution in [1.29, 1.82) is 0 Å². The summed E-state index contributed by atoms with van der Waals surface area (Å²) in [5.74, 6) is -0.309. The lowest BCUT2D eigenvalue weighted by Crippen LogP contribution is -2.58. The highest BCUT2D eigenvalue weighted by atomic mass is 19.1. The van der Waals surface area contributed by atoms with Gasteiger partial charge in [-0.25, -0.2) is 8.78 Å². The Bertz CT molecular complexity index is 636. The van der Waals surface area contributed by atoms with Gasteiger partial charge in [-0.2, -0.15) is 0 Å². The first-order chi connectivity index (χ1) is 10.1. The van der Waals surface area contributed by atoms with Crippen LogP contribution in [-0.4, -0.2) is 20.2 Å². The van der Waals surface area contributed by atoms with Crippen molar-refractivity contribution in [2.75, 3.05) is 20.2 Å². The molecule has 0 aliphatic carbocycles. The molecule has 1 fully saturated rings. The smallest absolute Gasteiger partial charge is 0.168 e. The second kappa shape index (κ2) is 5.45. The molecule has 0 bridgehead atoms. The largest absolute Gasteiger partial charge is 0.494 e. The van der Waals surface area contributed by atoms with Crippen LogP contribution in [0.1, 0.15) is 11.1 Å². The van der Waals surface area contributed by atoms with E-state index in [0.29, 0.717) is 12.0 Å². The molecular formula is C17H17F2NO. The SMILES string of the molecule is COc1cccc(CC2(c3ccc(F)cc3)CNC2)c1F. The molecule has 1 N–H and O–H groups in total. The summed E-state index contributed by atoms with van der Waals surface area (Å²) >= 11 is 0. The molecule has 0 atom stereocenters. The predicted molar refractivity (Wildman–Crippen MR) is 77.6 cm³/mol. The summed E-state index contributed by atoms with van der Waals surface area (Å²) in [6.45, 7) is 1.52. The molecule has 1 heterocycles. The topological polar surface area (TPSA) is 21.3 Å². The molecule has 2 aromatic rings. The van der Waals surface area contributed by atoms with Gasteiger partial charge in [-0.1, -0.05) is 24.3 Å². The Hall–Kier alpha value is -1.94. The molecule has 3 rings (SSSR count). The highest BCUT2D eigenvalue weighted by molar-refractivity contribution is 5.37. The third-order valence-corrected chi connectivity index (χ3v) is 4.18. The van der Waals surface area contributed by atoms with Crippen LogP contribution in [0.5, 0.6) is 5.75 Å². The Kier molecular flexibility index (Phi) is 3.64. The van der Waals surface area contributed by atoms with Gasteiger partial charge in [0, 0.05) is 18.5 Å². The van der Waals surface area contributed by atoms with E-state index >= 15 is 0 Å². The van der Waals surface area contributed by atoms with Crippen LogP contribution in [0.3, 0.4) is 0 Å². The van der Waals surface area contributed by atoms with Crippen LogP contribution in [0.15, 0.2) is 42.5 Å². The van der Waals surface area contributed by atoms with E-state index in [0.717, 1.165) is 18.7 Å². The highest BCUT2D eigenvalue weighted by Gasteiger charge is 2.39. The van der Waals surface area contributed by atoms with E-state index in [4.69, 9.17) is 4.74 Å². The molecule has 0 saturated carbocycles. The van der Waals surface area contributed by atoms with Crippen molar-refractivity contribution < 1.29 is 13.5 Å². The number of hydrogen-bond acceptors (Lipinski definition) is 2. The molecule has 4 heteroatoms. The van der Waals surface area contributed by atoms with Crippen molar-refractivity contribution in [3.05, 3.63) is 65.2 Å². The van der Waals surface area contributed by atoms with Crippen molar-refractivity contribution in [1.82, 2.24) is 5.32 Å². The second-order valence-corrected chi connectivity index (χ2v) is 5.50. The fraction of sp³-hybridized carbons (Fsp3) is 0.294. The van der Waals surface area contributed by atoms with Crippen LogP contribution in [0.2, 0.25) is 0 Å². The van der Waals surface area contributed by atoms with E-state index in [1.54, 1.807) is 30.3 Å². The monoisotopic (exact) mass is 289 g/mol. The molecule has 1 aliphatic heterocycles. The van der Waals surface area contributed by atoms with Gasteiger partial charge in [0.25, 0.3) is 0 Å². The molecule has 2 nitrogen and oxygen atoms in total. The van der Waals surface area contributed by atoms with E-state index in [1.807, 2.05) is 0 Å². The zero-order valence-electron chi connectivity index (χ0n) is 11.8. The van der Waals surface area contributed by atoms with Gasteiger partial charge in [-0.3, -0.25) is 0 Å². The van der Waals surface area contributed by atoms with Gasteiger partial charge in [0.05, 0.1) is 7.11 Å². The Morgan fingerprint density at radius 3 is 2.38 bits per heavy atom. The second-order valence-electron chi connectivity index (χ2n) is 5.50. The Morgan fingerprint density at radius 1 is 1.10 bits per heavy atom. The average molecular weight is 289 g/mol. The number of rotatable bonds is 4. The number of ether oxygens (including phenoxy) is 1. The molecule has 0 radical (unpaired) electrons. The lowest BCUT2D eigenvalue weighted by molar-refractivity contribution is 0.270. The summed E-state index contributed by atoms with van der Waals surface area (Å²) in [5.41, 5.74) is 1.48. The quantitative estimate of drug-likeness (QED) is 0.934. The van der Waals surface area contributed by atoms with Gasteiger partial charge >= 0.3 is 0 Å². The van der Waals surface area contributed by atoms with E-state index < -0.39 is 0 Å². The van der Waals surface area contributed by atoms with Gasteiger partial charge in [0.2, 0.25) is 0 Å². The minimum atomic E-state index is -0.312. The minimum Gasteiger partial charge on any atom is -0.494 e. The van der Waals surface area contributed by atoms with Gasteiger partial charge in [0.1, 0.15) is 5.82 Å². The molecule has 110 valence electrons. The third-order valence-electron chi connectivity index (χ3n) is 4.18. The number of hydrogen-bond donors (Lipinski definition) is 1. The molecule has 2 aromatic carbocycles. The zero-order chi connectivity index (χ0) is 14.9. The maximum atomic E-state index is 14.3. The fourth-order valence-electron chi connectivity index (χ4n) is 2.88. The van der Waals surface area contributed by atoms with Crippen molar-refractivity contribution in [3.63, 3.8) is 0 Å². The van der Waals surface area contributed by atoms with Gasteiger partial charge < -0.3 is 10.1 Å². The first-order valence-electron chi connectivity index (χ1n) is 6.93. The summed E-state index contributed by atoms with van der Waals surface area (Å²) < 4.78 is 32.5. The van der Waals surface area contributed by atoms with Gasteiger partial charge in [-0.15, -0.1) is 0 Å². The minimum absolute atomic E-state index is 0.180. The van der Waals surface area contributed by atoms with E-state index in [2.05, 4.69) is 5.32 Å². The van der Waals surface area contributed by atoms with Crippen LogP contribution < -0.4 is 10.1 Å². The average Bonchev–Trinajstić information content (AvgIpc) is 2.46. The summed E-state index contributed by atoms with van der Waals surface area (Å²) in [5, 5.41) is 3.24. The van der Waals surface area contributed by atoms with Crippen LogP contribution >= 0.6 is 0 Å². The molecule has 21 heavy (non-hydrogen) atoms. The third kappa shape index (κ3) is 2.51. The van der Waals surface area contributed by atoms with E-state index in [-0.39, 0.29) is 22.8 Å². The standard InChI is InChI=1S/C17H17F2NO/c1-21-15-4-2-3-12(16(15)19)9-17(10-20-11-17)13-5-7-14(18)8-6-13/h2-8,20H,9-11H2,1H3. The predicted octanol–water partition coefficient (Wildman–Crippen LogP) is 3.06.